The van der Waals surface area contributed by atoms with Crippen molar-refractivity contribution in [3.63, 3.8) is 0 Å². The van der Waals surface area contributed by atoms with E-state index in [0.29, 0.717) is 33.3 Å². The molecule has 1 aromatic heterocycles. The molecule has 0 aliphatic carbocycles. The van der Waals surface area contributed by atoms with Gasteiger partial charge in [-0.1, -0.05) is 57.0 Å². The van der Waals surface area contributed by atoms with Crippen LogP contribution in [-0.4, -0.2) is 26.4 Å². The number of anilines is 1. The maximum atomic E-state index is 12.3. The number of nitrogens with zero attached hydrogens (tertiary/aromatic N) is 3. The number of amides is 1. The van der Waals surface area contributed by atoms with Gasteiger partial charge >= 0.3 is 0 Å². The molecule has 0 aliphatic heterocycles. The molecule has 9 heteroatoms. The van der Waals surface area contributed by atoms with Gasteiger partial charge in [0.05, 0.1) is 16.5 Å². The largest absolute Gasteiger partial charge is 0.324 e. The standard InChI is InChI=1S/C19H15BrCl2N4OS/c1-2-9-26-18(12-3-6-14(21)7-4-12)24-25-19(26)28-11-17(27)23-16-8-5-13(20)10-15(16)22/h2-8,10H,1,9,11H2,(H,23,27). The highest BCUT2D eigenvalue weighted by Gasteiger charge is 2.15. The van der Waals surface area contributed by atoms with Crippen molar-refractivity contribution in [2.24, 2.45) is 0 Å². The summed E-state index contributed by atoms with van der Waals surface area (Å²) in [5.74, 6) is 0.674. The second kappa shape index (κ2) is 9.60. The average Bonchev–Trinajstić information content (AvgIpc) is 3.06. The molecule has 0 unspecified atom stereocenters. The normalized spacial score (nSPS) is 10.7. The maximum absolute atomic E-state index is 12.3. The average molecular weight is 498 g/mol. The van der Waals surface area contributed by atoms with Crippen LogP contribution in [0.4, 0.5) is 5.69 Å². The molecule has 1 N–H and O–H groups in total. The molecular weight excluding hydrogens is 483 g/mol. The lowest BCUT2D eigenvalue weighted by Crippen LogP contribution is -2.15. The number of allylic oxidation sites excluding steroid dienone is 1. The minimum Gasteiger partial charge on any atom is -0.324 e. The van der Waals surface area contributed by atoms with E-state index in [9.17, 15) is 4.79 Å². The highest BCUT2D eigenvalue weighted by Crippen LogP contribution is 2.27. The Hall–Kier alpha value is -1.80. The molecule has 0 aliphatic rings. The summed E-state index contributed by atoms with van der Waals surface area (Å²) in [6, 6.07) is 12.6. The molecule has 28 heavy (non-hydrogen) atoms. The quantitative estimate of drug-likeness (QED) is 0.324. The molecular formula is C19H15BrCl2N4OS. The third-order valence-corrected chi connectivity index (χ3v) is 5.69. The summed E-state index contributed by atoms with van der Waals surface area (Å²) >= 11 is 16.7. The topological polar surface area (TPSA) is 59.8 Å². The molecule has 1 amide bonds. The van der Waals surface area contributed by atoms with Gasteiger partial charge in [-0.25, -0.2) is 0 Å². The van der Waals surface area contributed by atoms with Gasteiger partial charge in [0, 0.05) is 21.6 Å². The molecule has 2 aromatic carbocycles. The predicted molar refractivity (Wildman–Crippen MR) is 119 cm³/mol. The molecule has 5 nitrogen and oxygen atoms in total. The van der Waals surface area contributed by atoms with Crippen LogP contribution in [0.1, 0.15) is 0 Å². The summed E-state index contributed by atoms with van der Waals surface area (Å²) in [5.41, 5.74) is 1.45. The van der Waals surface area contributed by atoms with Gasteiger partial charge in [0.15, 0.2) is 11.0 Å². The van der Waals surface area contributed by atoms with Crippen LogP contribution in [0, 0.1) is 0 Å². The fourth-order valence-corrected chi connectivity index (χ4v) is 4.00. The molecule has 0 radical (unpaired) electrons. The van der Waals surface area contributed by atoms with Crippen molar-refractivity contribution < 1.29 is 4.79 Å². The predicted octanol–water partition coefficient (Wildman–Crippen LogP) is 5.93. The zero-order valence-electron chi connectivity index (χ0n) is 14.5. The number of benzene rings is 2. The maximum Gasteiger partial charge on any atom is 0.234 e. The third-order valence-electron chi connectivity index (χ3n) is 3.67. The fraction of sp³-hybridized carbons (Fsp3) is 0.105. The summed E-state index contributed by atoms with van der Waals surface area (Å²) in [5, 5.41) is 13.0. The van der Waals surface area contributed by atoms with Crippen LogP contribution < -0.4 is 5.32 Å². The lowest BCUT2D eigenvalue weighted by molar-refractivity contribution is -0.113. The molecule has 0 saturated carbocycles. The van der Waals surface area contributed by atoms with E-state index in [-0.39, 0.29) is 11.7 Å². The Morgan fingerprint density at radius 2 is 1.96 bits per heavy atom. The van der Waals surface area contributed by atoms with E-state index in [1.807, 2.05) is 22.8 Å². The van der Waals surface area contributed by atoms with Gasteiger partial charge in [-0.05, 0) is 42.5 Å². The van der Waals surface area contributed by atoms with Crippen LogP contribution in [0.5, 0.6) is 0 Å². The summed E-state index contributed by atoms with van der Waals surface area (Å²) in [6.07, 6.45) is 1.76. The van der Waals surface area contributed by atoms with E-state index in [1.54, 1.807) is 30.3 Å². The Labute approximate surface area is 185 Å². The van der Waals surface area contributed by atoms with E-state index in [0.717, 1.165) is 10.0 Å². The highest BCUT2D eigenvalue weighted by atomic mass is 79.9. The number of carbonyl (C=O) groups is 1. The number of thioether (sulfide) groups is 1. The summed E-state index contributed by atoms with van der Waals surface area (Å²) < 4.78 is 2.75. The molecule has 0 atom stereocenters. The summed E-state index contributed by atoms with van der Waals surface area (Å²) in [6.45, 7) is 4.31. The van der Waals surface area contributed by atoms with Gasteiger partial charge in [-0.2, -0.15) is 0 Å². The van der Waals surface area contributed by atoms with Gasteiger partial charge in [0.25, 0.3) is 0 Å². The van der Waals surface area contributed by atoms with Crippen LogP contribution in [0.2, 0.25) is 10.0 Å². The highest BCUT2D eigenvalue weighted by molar-refractivity contribution is 9.10. The van der Waals surface area contributed by atoms with Gasteiger partial charge in [-0.15, -0.1) is 16.8 Å². The molecule has 3 rings (SSSR count). The van der Waals surface area contributed by atoms with Gasteiger partial charge in [-0.3, -0.25) is 9.36 Å². The number of carbonyl (C=O) groups excluding carboxylic acids is 1. The number of hydrogen-bond acceptors (Lipinski definition) is 4. The Kier molecular flexibility index (Phi) is 7.18. The first-order chi connectivity index (χ1) is 13.5. The van der Waals surface area contributed by atoms with Crippen molar-refractivity contribution in [2.75, 3.05) is 11.1 Å². The fourth-order valence-electron chi connectivity index (χ4n) is 2.41. The molecule has 0 spiro atoms. The molecule has 0 fully saturated rings. The number of halogens is 3. The summed E-state index contributed by atoms with van der Waals surface area (Å²) in [4.78, 5) is 12.3. The molecule has 0 saturated heterocycles. The minimum absolute atomic E-state index is 0.169. The summed E-state index contributed by atoms with van der Waals surface area (Å²) in [7, 11) is 0. The zero-order valence-corrected chi connectivity index (χ0v) is 18.4. The number of nitrogens with one attached hydrogen (secondary N) is 1. The van der Waals surface area contributed by atoms with Crippen LogP contribution in [-0.2, 0) is 11.3 Å². The smallest absolute Gasteiger partial charge is 0.234 e. The Bertz CT molecular complexity index is 1010. The Morgan fingerprint density at radius 1 is 1.21 bits per heavy atom. The first kappa shape index (κ1) is 20.9. The van der Waals surface area contributed by atoms with E-state index in [1.165, 1.54) is 11.8 Å². The zero-order chi connectivity index (χ0) is 20.1. The van der Waals surface area contributed by atoms with Crippen molar-refractivity contribution in [3.05, 3.63) is 69.6 Å². The molecule has 144 valence electrons. The third kappa shape index (κ3) is 5.17. The minimum atomic E-state index is -0.185. The van der Waals surface area contributed by atoms with Crippen molar-refractivity contribution in [1.82, 2.24) is 14.8 Å². The van der Waals surface area contributed by atoms with Crippen molar-refractivity contribution >= 4 is 62.5 Å². The lowest BCUT2D eigenvalue weighted by Gasteiger charge is -2.09. The number of hydrogen-bond donors (Lipinski definition) is 1. The second-order valence-electron chi connectivity index (χ2n) is 5.67. The molecule has 0 bridgehead atoms. The van der Waals surface area contributed by atoms with Gasteiger partial charge < -0.3 is 5.32 Å². The Morgan fingerprint density at radius 3 is 2.64 bits per heavy atom. The van der Waals surface area contributed by atoms with Crippen molar-refractivity contribution in [3.8, 4) is 11.4 Å². The van der Waals surface area contributed by atoms with E-state index >= 15 is 0 Å². The Balaban J connectivity index is 1.72. The number of rotatable bonds is 7. The van der Waals surface area contributed by atoms with Gasteiger partial charge in [0.2, 0.25) is 5.91 Å². The van der Waals surface area contributed by atoms with Gasteiger partial charge in [0.1, 0.15) is 0 Å². The van der Waals surface area contributed by atoms with Crippen molar-refractivity contribution in [2.45, 2.75) is 11.7 Å². The van der Waals surface area contributed by atoms with Crippen molar-refractivity contribution in [1.29, 1.82) is 0 Å². The van der Waals surface area contributed by atoms with Crippen LogP contribution >= 0.6 is 50.9 Å². The van der Waals surface area contributed by atoms with Crippen LogP contribution in [0.15, 0.2) is 64.7 Å². The van der Waals surface area contributed by atoms with E-state index in [2.05, 4.69) is 38.0 Å². The molecule has 1 heterocycles. The first-order valence-electron chi connectivity index (χ1n) is 8.15. The molecule has 3 aromatic rings. The first-order valence-corrected chi connectivity index (χ1v) is 10.7. The van der Waals surface area contributed by atoms with E-state index < -0.39 is 0 Å². The van der Waals surface area contributed by atoms with Crippen LogP contribution in [0.3, 0.4) is 0 Å². The van der Waals surface area contributed by atoms with E-state index in [4.69, 9.17) is 23.2 Å². The number of aromatic nitrogens is 3. The lowest BCUT2D eigenvalue weighted by atomic mass is 10.2. The SMILES string of the molecule is C=CCn1c(SCC(=O)Nc2ccc(Br)cc2Cl)nnc1-c1ccc(Cl)cc1. The van der Waals surface area contributed by atoms with Crippen LogP contribution in [0.25, 0.3) is 11.4 Å². The second-order valence-corrected chi connectivity index (χ2v) is 8.38. The monoisotopic (exact) mass is 496 g/mol.